The summed E-state index contributed by atoms with van der Waals surface area (Å²) in [5.41, 5.74) is -2.27. The third kappa shape index (κ3) is 3.42. The number of thioether (sulfide) groups is 1. The van der Waals surface area contributed by atoms with Crippen molar-refractivity contribution in [3.63, 3.8) is 0 Å². The van der Waals surface area contributed by atoms with Gasteiger partial charge in [0, 0.05) is 55.0 Å². The van der Waals surface area contributed by atoms with Crippen LogP contribution < -0.4 is 10.7 Å². The number of hydrogen-bond acceptors (Lipinski definition) is 5. The van der Waals surface area contributed by atoms with Crippen molar-refractivity contribution < 1.29 is 27.9 Å². The molecule has 2 amide bonds. The highest BCUT2D eigenvalue weighted by Gasteiger charge is 2.36. The lowest BCUT2D eigenvalue weighted by Gasteiger charge is -2.34. The van der Waals surface area contributed by atoms with Crippen LogP contribution in [0.3, 0.4) is 0 Å². The van der Waals surface area contributed by atoms with Crippen LogP contribution in [0.2, 0.25) is 0 Å². The van der Waals surface area contributed by atoms with Gasteiger partial charge in [0.05, 0.1) is 6.04 Å². The number of fused-ring (bicyclic) bond motifs is 4. The number of hydrogen-bond donors (Lipinski definition) is 2. The van der Waals surface area contributed by atoms with Gasteiger partial charge in [-0.25, -0.2) is 13.2 Å². The molecule has 1 fully saturated rings. The van der Waals surface area contributed by atoms with Gasteiger partial charge < -0.3 is 19.9 Å². The molecule has 2 bridgehead atoms. The molecule has 0 unspecified atom stereocenters. The number of aromatic hydroxyl groups is 1. The maximum atomic E-state index is 13.8. The lowest BCUT2D eigenvalue weighted by Crippen LogP contribution is -2.45. The summed E-state index contributed by atoms with van der Waals surface area (Å²) in [7, 11) is 0. The Balaban J connectivity index is 1.67. The van der Waals surface area contributed by atoms with Gasteiger partial charge in [0.2, 0.25) is 5.43 Å². The minimum atomic E-state index is -1.18. The smallest absolute Gasteiger partial charge is 0.274 e. The van der Waals surface area contributed by atoms with Crippen molar-refractivity contribution in [2.24, 2.45) is 0 Å². The van der Waals surface area contributed by atoms with Crippen LogP contribution in [0.5, 0.6) is 5.75 Å². The molecule has 0 radical (unpaired) electrons. The quantitative estimate of drug-likeness (QED) is 0.759. The minimum absolute atomic E-state index is 0.175. The predicted molar refractivity (Wildman–Crippen MR) is 102 cm³/mol. The lowest BCUT2D eigenvalue weighted by molar-refractivity contribution is 0.0685. The van der Waals surface area contributed by atoms with E-state index >= 15 is 0 Å². The van der Waals surface area contributed by atoms with Gasteiger partial charge in [-0.05, 0) is 0 Å². The highest BCUT2D eigenvalue weighted by Crippen LogP contribution is 2.31. The van der Waals surface area contributed by atoms with Crippen molar-refractivity contribution in [3.05, 3.63) is 62.8 Å². The van der Waals surface area contributed by atoms with E-state index in [1.807, 2.05) is 0 Å². The Kier molecular flexibility index (Phi) is 5.22. The topological polar surface area (TPSA) is 91.6 Å². The number of benzene rings is 1. The van der Waals surface area contributed by atoms with Crippen molar-refractivity contribution in [2.45, 2.75) is 12.6 Å². The molecular weight excluding hydrogens is 423 g/mol. The largest absolute Gasteiger partial charge is 0.503 e. The first-order valence-corrected chi connectivity index (χ1v) is 10.2. The number of pyridine rings is 1. The standard InChI is InChI=1S/C19H16F3N3O4S/c20-9-3-13(21)11(14(22)4-9)5-23-18(28)12-7-25-10-6-24(1-2-30-8-10)19(29)15(25)17(27)16(12)26/h3-4,7,10,27H,1-2,5-6,8H2,(H,23,28)/t10-/m1/s1. The number of halogens is 3. The predicted octanol–water partition coefficient (Wildman–Crippen LogP) is 1.64. The average Bonchev–Trinajstić information content (AvgIpc) is 2.91. The zero-order valence-corrected chi connectivity index (χ0v) is 16.3. The van der Waals surface area contributed by atoms with Crippen molar-refractivity contribution >= 4 is 23.6 Å². The van der Waals surface area contributed by atoms with Crippen LogP contribution in [0.15, 0.2) is 23.1 Å². The van der Waals surface area contributed by atoms with E-state index in [9.17, 15) is 32.7 Å². The first kappa shape index (κ1) is 20.3. The molecule has 2 N–H and O–H groups in total. The maximum absolute atomic E-state index is 13.8. The fourth-order valence-corrected chi connectivity index (χ4v) is 4.64. The molecule has 0 saturated carbocycles. The Bertz CT molecular complexity index is 1100. The molecule has 2 aromatic rings. The monoisotopic (exact) mass is 439 g/mol. The van der Waals surface area contributed by atoms with E-state index in [0.717, 1.165) is 0 Å². The van der Waals surface area contributed by atoms with Gasteiger partial charge in [-0.2, -0.15) is 11.8 Å². The number of carbonyl (C=O) groups is 2. The molecule has 30 heavy (non-hydrogen) atoms. The molecule has 2 aliphatic heterocycles. The van der Waals surface area contributed by atoms with Gasteiger partial charge in [0.25, 0.3) is 11.8 Å². The van der Waals surface area contributed by atoms with Crippen LogP contribution >= 0.6 is 11.8 Å². The summed E-state index contributed by atoms with van der Waals surface area (Å²) < 4.78 is 42.0. The van der Waals surface area contributed by atoms with Crippen molar-refractivity contribution in [3.8, 4) is 5.75 Å². The number of rotatable bonds is 3. The molecule has 158 valence electrons. The molecule has 0 aliphatic carbocycles. The van der Waals surface area contributed by atoms with Gasteiger partial charge in [-0.3, -0.25) is 14.4 Å². The number of carbonyl (C=O) groups excluding carboxylic acids is 2. The third-order valence-corrected chi connectivity index (χ3v) is 6.21. The fourth-order valence-electron chi connectivity index (χ4n) is 3.58. The Labute approximate surface area is 172 Å². The summed E-state index contributed by atoms with van der Waals surface area (Å²) in [6, 6.07) is 0.714. The van der Waals surface area contributed by atoms with Crippen LogP contribution in [0.1, 0.15) is 32.5 Å². The highest BCUT2D eigenvalue weighted by atomic mass is 32.2. The summed E-state index contributed by atoms with van der Waals surface area (Å²) in [6.45, 7) is 0.240. The fraction of sp³-hybridized carbons (Fsp3) is 0.316. The molecule has 11 heteroatoms. The van der Waals surface area contributed by atoms with Crippen LogP contribution in [0.25, 0.3) is 0 Å². The molecule has 3 heterocycles. The minimum Gasteiger partial charge on any atom is -0.503 e. The summed E-state index contributed by atoms with van der Waals surface area (Å²) >= 11 is 1.60. The van der Waals surface area contributed by atoms with Crippen LogP contribution in [0.4, 0.5) is 13.2 Å². The molecule has 7 nitrogen and oxygen atoms in total. The van der Waals surface area contributed by atoms with Gasteiger partial charge in [-0.15, -0.1) is 0 Å². The van der Waals surface area contributed by atoms with Gasteiger partial charge in [0.1, 0.15) is 23.0 Å². The van der Waals surface area contributed by atoms with Crippen LogP contribution in [0, 0.1) is 17.5 Å². The lowest BCUT2D eigenvalue weighted by atomic mass is 10.1. The van der Waals surface area contributed by atoms with Crippen molar-refractivity contribution in [1.82, 2.24) is 14.8 Å². The third-order valence-electron chi connectivity index (χ3n) is 5.12. The Morgan fingerprint density at radius 1 is 1.23 bits per heavy atom. The first-order chi connectivity index (χ1) is 14.3. The second-order valence-corrected chi connectivity index (χ2v) is 8.14. The number of nitrogens with one attached hydrogen (secondary N) is 1. The van der Waals surface area contributed by atoms with E-state index in [1.165, 1.54) is 10.8 Å². The molecule has 1 aromatic heterocycles. The second-order valence-electron chi connectivity index (χ2n) is 6.99. The number of aromatic nitrogens is 1. The van der Waals surface area contributed by atoms with E-state index < -0.39 is 58.1 Å². The zero-order valence-electron chi connectivity index (χ0n) is 15.5. The van der Waals surface area contributed by atoms with Gasteiger partial charge in [0.15, 0.2) is 11.4 Å². The van der Waals surface area contributed by atoms with E-state index in [4.69, 9.17) is 0 Å². The maximum Gasteiger partial charge on any atom is 0.274 e. The van der Waals surface area contributed by atoms with E-state index in [-0.39, 0.29) is 11.7 Å². The van der Waals surface area contributed by atoms with E-state index in [0.29, 0.717) is 36.7 Å². The SMILES string of the molecule is O=C(NCc1c(F)cc(F)cc1F)c1cn2c(c(O)c1=O)C(=O)N1CCSC[C@H]2C1. The first-order valence-electron chi connectivity index (χ1n) is 9.04. The highest BCUT2D eigenvalue weighted by molar-refractivity contribution is 7.99. The Morgan fingerprint density at radius 3 is 2.63 bits per heavy atom. The Morgan fingerprint density at radius 2 is 1.93 bits per heavy atom. The van der Waals surface area contributed by atoms with Crippen molar-refractivity contribution in [1.29, 1.82) is 0 Å². The zero-order chi connectivity index (χ0) is 21.6. The van der Waals surface area contributed by atoms with Gasteiger partial charge >= 0.3 is 0 Å². The van der Waals surface area contributed by atoms with Gasteiger partial charge in [-0.1, -0.05) is 0 Å². The molecule has 2 aliphatic rings. The molecule has 1 saturated heterocycles. The molecule has 4 rings (SSSR count). The summed E-state index contributed by atoms with van der Waals surface area (Å²) in [5.74, 6) is -4.45. The summed E-state index contributed by atoms with van der Waals surface area (Å²) in [5, 5.41) is 12.6. The number of amides is 2. The molecule has 1 atom stereocenters. The van der Waals surface area contributed by atoms with E-state index in [2.05, 4.69) is 5.32 Å². The molecule has 0 spiro atoms. The number of nitrogens with zero attached hydrogens (tertiary/aromatic N) is 2. The molecular formula is C19H16F3N3O4S. The average molecular weight is 439 g/mol. The Hall–Kier alpha value is -2.95. The second kappa shape index (κ2) is 7.71. The van der Waals surface area contributed by atoms with Crippen molar-refractivity contribution in [2.75, 3.05) is 24.6 Å². The van der Waals surface area contributed by atoms with Crippen LogP contribution in [-0.4, -0.2) is 51.0 Å². The summed E-state index contributed by atoms with van der Waals surface area (Å²) in [6.07, 6.45) is 1.19. The normalized spacial score (nSPS) is 18.0. The van der Waals surface area contributed by atoms with E-state index in [1.54, 1.807) is 16.7 Å². The summed E-state index contributed by atoms with van der Waals surface area (Å²) in [4.78, 5) is 39.2. The molecule has 1 aromatic carbocycles. The van der Waals surface area contributed by atoms with Crippen LogP contribution in [-0.2, 0) is 6.54 Å².